The van der Waals surface area contributed by atoms with Gasteiger partial charge < -0.3 is 0 Å². The van der Waals surface area contributed by atoms with E-state index in [9.17, 15) is 0 Å². The standard InChI is InChI=1S/Al.Ba.La.Na.Zr.6H. The van der Waals surface area contributed by atoms with Crippen LogP contribution < -0.4 is 0 Å². The Morgan fingerprint density at radius 3 is 1.00 bits per heavy atom. The molecule has 0 N–H and O–H groups in total. The average molecular weight is 423 g/mol. The predicted molar refractivity (Wildman–Crippen MR) is 25.6 cm³/mol. The smallest absolute Gasteiger partial charge is 0 e. The van der Waals surface area contributed by atoms with Crippen LogP contribution in [-0.4, -0.2) is 95.8 Å². The zero-order valence-electron chi connectivity index (χ0n) is 1.08. The maximum atomic E-state index is 0. The normalized spacial score (nSPS) is 0. The molecule has 0 saturated heterocycles. The summed E-state index contributed by atoms with van der Waals surface area (Å²) in [5.41, 5.74) is 0. The summed E-state index contributed by atoms with van der Waals surface area (Å²) in [6.45, 7) is 0. The van der Waals surface area contributed by atoms with Gasteiger partial charge in [0.05, 0.1) is 0 Å². The van der Waals surface area contributed by atoms with Gasteiger partial charge in [-0.05, 0) is 0 Å². The van der Waals surface area contributed by atoms with Crippen molar-refractivity contribution in [3.05, 3.63) is 0 Å². The van der Waals surface area contributed by atoms with Crippen LogP contribution in [0.4, 0.5) is 0 Å². The molecule has 0 amide bonds. The van der Waals surface area contributed by atoms with Gasteiger partial charge in [-0.15, -0.1) is 0 Å². The third-order valence-electron chi connectivity index (χ3n) is 0. The molecule has 0 bridgehead atoms. The van der Waals surface area contributed by atoms with E-state index >= 15 is 0 Å². The van der Waals surface area contributed by atoms with Gasteiger partial charge in [-0.1, -0.05) is 0 Å². The molecule has 0 aliphatic heterocycles. The van der Waals surface area contributed by atoms with Crippen LogP contribution in [0.5, 0.6) is 0 Å². The van der Waals surface area contributed by atoms with Crippen LogP contribution in [0, 0.1) is 35.6 Å². The Morgan fingerprint density at radius 1 is 1.00 bits per heavy atom. The molecule has 0 rings (SSSR count). The first kappa shape index (κ1) is 32.0. The van der Waals surface area contributed by atoms with Crippen LogP contribution in [0.3, 0.4) is 0 Å². The molecule has 0 aromatic rings. The van der Waals surface area contributed by atoms with E-state index in [1.807, 2.05) is 0 Å². The van der Waals surface area contributed by atoms with E-state index in [0.29, 0.717) is 0 Å². The van der Waals surface area contributed by atoms with Gasteiger partial charge in [0.1, 0.15) is 0 Å². The van der Waals surface area contributed by atoms with Crippen LogP contribution >= 0.6 is 0 Å². The summed E-state index contributed by atoms with van der Waals surface area (Å²) in [5, 5.41) is 0. The molecular weight excluding hydrogens is 417 g/mol. The van der Waals surface area contributed by atoms with Crippen molar-refractivity contribution in [1.82, 2.24) is 0 Å². The molecule has 0 unspecified atom stereocenters. The largest absolute Gasteiger partial charge is 0 e. The summed E-state index contributed by atoms with van der Waals surface area (Å²) >= 11 is 0. The first-order valence-electron chi connectivity index (χ1n) is 0. The van der Waals surface area contributed by atoms with Gasteiger partial charge in [-0.25, -0.2) is 0 Å². The van der Waals surface area contributed by atoms with Crippen LogP contribution in [0.15, 0.2) is 0 Å². The Morgan fingerprint density at radius 2 is 1.00 bits per heavy atom. The van der Waals surface area contributed by atoms with Crippen molar-refractivity contribution in [2.75, 3.05) is 0 Å². The topological polar surface area (TPSA) is 0 Å². The van der Waals surface area contributed by atoms with Gasteiger partial charge in [-0.2, -0.15) is 0 Å². The fourth-order valence-corrected chi connectivity index (χ4v) is 0. The molecule has 0 spiro atoms. The second kappa shape index (κ2) is 22.9. The molecule has 0 aliphatic carbocycles. The third kappa shape index (κ3) is 17.6. The zero-order valence-corrected chi connectivity index (χ0v) is 7.16. The quantitative estimate of drug-likeness (QED) is 0.371. The first-order valence-corrected chi connectivity index (χ1v) is 0. The average Bonchev–Trinajstić information content (AvgIpc) is 0. The molecule has 0 aromatic heterocycles. The van der Waals surface area contributed by atoms with Crippen molar-refractivity contribution in [2.24, 2.45) is 0 Å². The SMILES string of the molecule is [AlH3].[BaH2].[La].[NaH].[Zr]. The van der Waals surface area contributed by atoms with E-state index in [1.165, 1.54) is 0 Å². The molecule has 0 aliphatic rings. The number of hydrogen-bond acceptors (Lipinski definition) is 0. The van der Waals surface area contributed by atoms with Gasteiger partial charge in [-0.3, -0.25) is 0 Å². The number of hydrogen-bond donors (Lipinski definition) is 0. The molecular formula is H6AlBaLaNaZr. The fraction of sp³-hybridized carbons (Fsp3) is 0. The van der Waals surface area contributed by atoms with Gasteiger partial charge in [0.25, 0.3) is 0 Å². The molecule has 0 saturated carbocycles. The first-order chi connectivity index (χ1) is 0. The second-order valence-corrected chi connectivity index (χ2v) is 0. The molecule has 0 heterocycles. The van der Waals surface area contributed by atoms with Gasteiger partial charge >= 0.3 is 78.4 Å². The minimum Gasteiger partial charge on any atom is 0 e. The van der Waals surface area contributed by atoms with E-state index < -0.39 is 0 Å². The van der Waals surface area contributed by atoms with E-state index in [-0.39, 0.29) is 158 Å². The van der Waals surface area contributed by atoms with Crippen molar-refractivity contribution < 1.29 is 61.8 Å². The maximum Gasteiger partial charge on any atom is 0 e. The van der Waals surface area contributed by atoms with Gasteiger partial charge in [0.15, 0.2) is 17.4 Å². The second-order valence-electron chi connectivity index (χ2n) is 0. The minimum absolute atomic E-state index is 0. The van der Waals surface area contributed by atoms with Crippen molar-refractivity contribution in [3.8, 4) is 0 Å². The summed E-state index contributed by atoms with van der Waals surface area (Å²) < 4.78 is 0. The van der Waals surface area contributed by atoms with Crippen molar-refractivity contribution in [1.29, 1.82) is 0 Å². The van der Waals surface area contributed by atoms with Gasteiger partial charge in [0.2, 0.25) is 0 Å². The Bertz CT molecular complexity index is 11.6. The van der Waals surface area contributed by atoms with E-state index in [0.717, 1.165) is 0 Å². The van der Waals surface area contributed by atoms with Gasteiger partial charge in [0, 0.05) is 61.8 Å². The van der Waals surface area contributed by atoms with Crippen molar-refractivity contribution >= 4 is 95.8 Å². The summed E-state index contributed by atoms with van der Waals surface area (Å²) in [4.78, 5) is 0. The molecule has 19 valence electrons. The van der Waals surface area contributed by atoms with E-state index in [4.69, 9.17) is 0 Å². The fourth-order valence-electron chi connectivity index (χ4n) is 0. The third-order valence-corrected chi connectivity index (χ3v) is 0. The molecule has 5 heteroatoms. The molecule has 5 heavy (non-hydrogen) atoms. The Balaban J connectivity index is 0. The minimum atomic E-state index is 0. The molecule has 0 aromatic carbocycles. The Kier molecular flexibility index (Phi) is 146. The summed E-state index contributed by atoms with van der Waals surface area (Å²) in [7, 11) is 0. The van der Waals surface area contributed by atoms with Crippen LogP contribution in [0.2, 0.25) is 0 Å². The summed E-state index contributed by atoms with van der Waals surface area (Å²) in [6, 6.07) is 0. The zero-order chi connectivity index (χ0) is 0. The summed E-state index contributed by atoms with van der Waals surface area (Å²) in [6.07, 6.45) is 0. The van der Waals surface area contributed by atoms with Crippen molar-refractivity contribution in [2.45, 2.75) is 0 Å². The van der Waals surface area contributed by atoms with E-state index in [2.05, 4.69) is 0 Å². The monoisotopic (exact) mass is 423 g/mol. The Labute approximate surface area is 153 Å². The molecule has 0 atom stereocenters. The van der Waals surface area contributed by atoms with Crippen LogP contribution in [-0.2, 0) is 26.2 Å². The molecule has 0 fully saturated rings. The van der Waals surface area contributed by atoms with Crippen LogP contribution in [0.25, 0.3) is 0 Å². The molecule has 1 radical (unpaired) electrons. The van der Waals surface area contributed by atoms with Crippen molar-refractivity contribution in [3.63, 3.8) is 0 Å². The Hall–Kier alpha value is 5.18. The molecule has 0 nitrogen and oxygen atoms in total. The maximum absolute atomic E-state index is 0. The number of rotatable bonds is 0. The van der Waals surface area contributed by atoms with E-state index in [1.54, 1.807) is 0 Å². The summed E-state index contributed by atoms with van der Waals surface area (Å²) in [5.74, 6) is 0. The predicted octanol–water partition coefficient (Wildman–Crippen LogP) is -2.75. The van der Waals surface area contributed by atoms with Crippen LogP contribution in [0.1, 0.15) is 0 Å².